The molecule has 150 valence electrons. The van der Waals surface area contributed by atoms with Crippen LogP contribution in [0.4, 0.5) is 11.8 Å². The largest absolute Gasteiger partial charge is 0.373 e. The number of nitrogens with one attached hydrogen (secondary N) is 2. The van der Waals surface area contributed by atoms with Gasteiger partial charge in [-0.1, -0.05) is 34.6 Å². The highest BCUT2D eigenvalue weighted by Gasteiger charge is 2.35. The zero-order valence-corrected chi connectivity index (χ0v) is 18.0. The van der Waals surface area contributed by atoms with Gasteiger partial charge in [-0.3, -0.25) is 0 Å². The minimum Gasteiger partial charge on any atom is -0.373 e. The van der Waals surface area contributed by atoms with Crippen molar-refractivity contribution in [3.8, 4) is 0 Å². The Kier molecular flexibility index (Phi) is 4.55. The highest BCUT2D eigenvalue weighted by atomic mass is 15.2. The van der Waals surface area contributed by atoms with Crippen LogP contribution < -0.4 is 10.6 Å². The van der Waals surface area contributed by atoms with Crippen LogP contribution in [-0.4, -0.2) is 27.0 Å². The van der Waals surface area contributed by atoms with E-state index in [2.05, 4.69) is 45.3 Å². The Morgan fingerprint density at radius 2 is 1.86 bits per heavy atom. The molecule has 0 fully saturated rings. The minimum atomic E-state index is -0.0513. The van der Waals surface area contributed by atoms with E-state index in [0.717, 1.165) is 49.4 Å². The molecule has 0 saturated heterocycles. The van der Waals surface area contributed by atoms with Crippen molar-refractivity contribution >= 4 is 11.8 Å². The van der Waals surface area contributed by atoms with Gasteiger partial charge in [0.1, 0.15) is 11.6 Å². The van der Waals surface area contributed by atoms with Gasteiger partial charge in [0.25, 0.3) is 0 Å². The summed E-state index contributed by atoms with van der Waals surface area (Å²) >= 11 is 0. The molecule has 2 heterocycles. The Labute approximate surface area is 168 Å². The van der Waals surface area contributed by atoms with Crippen molar-refractivity contribution in [2.45, 2.75) is 78.2 Å². The van der Waals surface area contributed by atoms with Crippen molar-refractivity contribution in [1.29, 1.82) is 0 Å². The van der Waals surface area contributed by atoms with Crippen LogP contribution in [0.5, 0.6) is 0 Å². The average Bonchev–Trinajstić information content (AvgIpc) is 3.07. The van der Waals surface area contributed by atoms with E-state index in [-0.39, 0.29) is 16.9 Å². The molecule has 28 heavy (non-hydrogen) atoms. The summed E-state index contributed by atoms with van der Waals surface area (Å²) in [6, 6.07) is 0.122. The van der Waals surface area contributed by atoms with Gasteiger partial charge in [-0.15, -0.1) is 0 Å². The zero-order valence-electron chi connectivity index (χ0n) is 18.0. The number of fused-ring (bicyclic) bond motifs is 2. The van der Waals surface area contributed by atoms with Crippen LogP contribution in [0.2, 0.25) is 0 Å². The van der Waals surface area contributed by atoms with E-state index in [9.17, 15) is 0 Å². The molecule has 2 N–H and O–H groups in total. The summed E-state index contributed by atoms with van der Waals surface area (Å²) in [5.74, 6) is 2.58. The lowest BCUT2D eigenvalue weighted by Crippen LogP contribution is -2.32. The highest BCUT2D eigenvalue weighted by Crippen LogP contribution is 2.42. The number of nitrogens with zero attached hydrogens (tertiary/aromatic N) is 4. The number of aromatic nitrogens is 4. The van der Waals surface area contributed by atoms with Gasteiger partial charge in [-0.05, 0) is 37.5 Å². The SMILES string of the molecule is CNc1nc(N[C@H]2CC(C)(C)Cc3nc(C(C)(C)C)ncc32)nc2c1CCC2. The van der Waals surface area contributed by atoms with Crippen LogP contribution in [0.15, 0.2) is 6.20 Å². The molecule has 0 radical (unpaired) electrons. The van der Waals surface area contributed by atoms with Gasteiger partial charge in [0, 0.05) is 35.5 Å². The Morgan fingerprint density at radius 1 is 1.07 bits per heavy atom. The standard InChI is InChI=1S/C22H32N6/c1-21(2,3)19-24-12-14-16(25-19)10-22(4,5)11-17(14)27-20-26-15-9-7-8-13(15)18(23-6)28-20/h12,17H,7-11H2,1-6H3,(H2,23,26,27,28)/t17-/m0/s1. The third-order valence-corrected chi connectivity index (χ3v) is 5.82. The van der Waals surface area contributed by atoms with Crippen molar-refractivity contribution in [3.63, 3.8) is 0 Å². The molecule has 2 aliphatic carbocycles. The molecule has 0 saturated carbocycles. The van der Waals surface area contributed by atoms with Gasteiger partial charge in [-0.2, -0.15) is 4.98 Å². The highest BCUT2D eigenvalue weighted by molar-refractivity contribution is 5.52. The van der Waals surface area contributed by atoms with E-state index in [4.69, 9.17) is 19.9 Å². The van der Waals surface area contributed by atoms with Crippen LogP contribution in [0.1, 0.15) is 81.8 Å². The molecule has 0 unspecified atom stereocenters. The van der Waals surface area contributed by atoms with Crippen molar-refractivity contribution in [2.24, 2.45) is 5.41 Å². The third-order valence-electron chi connectivity index (χ3n) is 5.82. The minimum absolute atomic E-state index is 0.0513. The lowest BCUT2D eigenvalue weighted by atomic mass is 9.74. The van der Waals surface area contributed by atoms with E-state index in [1.54, 1.807) is 0 Å². The van der Waals surface area contributed by atoms with Crippen molar-refractivity contribution in [3.05, 3.63) is 34.5 Å². The first-order valence-corrected chi connectivity index (χ1v) is 10.4. The van der Waals surface area contributed by atoms with Gasteiger partial charge < -0.3 is 10.6 Å². The fraction of sp³-hybridized carbons (Fsp3) is 0.636. The molecule has 6 nitrogen and oxygen atoms in total. The normalized spacial score (nSPS) is 20.4. The smallest absolute Gasteiger partial charge is 0.225 e. The van der Waals surface area contributed by atoms with Crippen LogP contribution in [-0.2, 0) is 24.7 Å². The summed E-state index contributed by atoms with van der Waals surface area (Å²) in [7, 11) is 1.94. The van der Waals surface area contributed by atoms with Crippen molar-refractivity contribution in [1.82, 2.24) is 19.9 Å². The molecule has 0 spiro atoms. The van der Waals surface area contributed by atoms with Crippen LogP contribution >= 0.6 is 0 Å². The molecule has 0 aromatic carbocycles. The summed E-state index contributed by atoms with van der Waals surface area (Å²) < 4.78 is 0. The molecule has 4 rings (SSSR count). The molecule has 2 aliphatic rings. The Morgan fingerprint density at radius 3 is 2.57 bits per heavy atom. The molecular formula is C22H32N6. The van der Waals surface area contributed by atoms with Gasteiger partial charge in [0.05, 0.1) is 11.7 Å². The van der Waals surface area contributed by atoms with E-state index < -0.39 is 0 Å². The van der Waals surface area contributed by atoms with E-state index in [0.29, 0.717) is 5.95 Å². The number of rotatable bonds is 3. The van der Waals surface area contributed by atoms with Crippen molar-refractivity contribution in [2.75, 3.05) is 17.7 Å². The number of hydrogen-bond donors (Lipinski definition) is 2. The van der Waals surface area contributed by atoms with E-state index in [1.165, 1.54) is 16.8 Å². The Hall–Kier alpha value is -2.24. The lowest BCUT2D eigenvalue weighted by molar-refractivity contribution is 0.284. The van der Waals surface area contributed by atoms with E-state index in [1.807, 2.05) is 13.2 Å². The Balaban J connectivity index is 1.70. The molecule has 1 atom stereocenters. The molecule has 0 aliphatic heterocycles. The Bertz CT molecular complexity index is 897. The first-order valence-electron chi connectivity index (χ1n) is 10.4. The number of hydrogen-bond acceptors (Lipinski definition) is 6. The summed E-state index contributed by atoms with van der Waals surface area (Å²) in [4.78, 5) is 19.2. The number of aryl methyl sites for hydroxylation is 1. The fourth-order valence-corrected chi connectivity index (χ4v) is 4.40. The molecule has 2 aromatic rings. The summed E-state index contributed by atoms with van der Waals surface area (Å²) in [6.07, 6.45) is 7.25. The molecule has 2 aromatic heterocycles. The van der Waals surface area contributed by atoms with Gasteiger partial charge in [0.2, 0.25) is 5.95 Å². The van der Waals surface area contributed by atoms with Gasteiger partial charge in [-0.25, -0.2) is 15.0 Å². The third kappa shape index (κ3) is 3.56. The van der Waals surface area contributed by atoms with Crippen LogP contribution in [0.3, 0.4) is 0 Å². The van der Waals surface area contributed by atoms with Gasteiger partial charge in [0.15, 0.2) is 0 Å². The molecular weight excluding hydrogens is 348 g/mol. The predicted octanol–water partition coefficient (Wildman–Crippen LogP) is 4.22. The second-order valence-electron chi connectivity index (χ2n) is 10.0. The summed E-state index contributed by atoms with van der Waals surface area (Å²) in [5.41, 5.74) is 4.90. The van der Waals surface area contributed by atoms with Crippen LogP contribution in [0, 0.1) is 5.41 Å². The summed E-state index contributed by atoms with van der Waals surface area (Å²) in [6.45, 7) is 11.1. The van der Waals surface area contributed by atoms with E-state index >= 15 is 0 Å². The average molecular weight is 381 g/mol. The van der Waals surface area contributed by atoms with Gasteiger partial charge >= 0.3 is 0 Å². The monoisotopic (exact) mass is 380 g/mol. The van der Waals surface area contributed by atoms with Crippen molar-refractivity contribution < 1.29 is 0 Å². The maximum absolute atomic E-state index is 4.96. The second kappa shape index (κ2) is 6.68. The molecule has 0 bridgehead atoms. The van der Waals surface area contributed by atoms with Crippen LogP contribution in [0.25, 0.3) is 0 Å². The topological polar surface area (TPSA) is 75.6 Å². The lowest BCUT2D eigenvalue weighted by Gasteiger charge is -2.37. The number of anilines is 2. The summed E-state index contributed by atoms with van der Waals surface area (Å²) in [5, 5.41) is 6.86. The predicted molar refractivity (Wildman–Crippen MR) is 113 cm³/mol. The fourth-order valence-electron chi connectivity index (χ4n) is 4.40. The maximum Gasteiger partial charge on any atom is 0.225 e. The first-order chi connectivity index (χ1) is 13.2. The first kappa shape index (κ1) is 19.1. The zero-order chi connectivity index (χ0) is 20.1. The molecule has 6 heteroatoms. The maximum atomic E-state index is 4.96. The second-order valence-corrected chi connectivity index (χ2v) is 10.0. The quantitative estimate of drug-likeness (QED) is 0.830. The molecule has 0 amide bonds.